The van der Waals surface area contributed by atoms with Crippen molar-refractivity contribution in [1.29, 1.82) is 0 Å². The van der Waals surface area contributed by atoms with Gasteiger partial charge in [0.1, 0.15) is 11.8 Å². The monoisotopic (exact) mass is 396 g/mol. The van der Waals surface area contributed by atoms with Crippen LogP contribution in [0.15, 0.2) is 42.5 Å². The van der Waals surface area contributed by atoms with Crippen molar-refractivity contribution >= 4 is 11.8 Å². The molecule has 2 amide bonds. The van der Waals surface area contributed by atoms with Gasteiger partial charge in [0.25, 0.3) is 5.91 Å². The summed E-state index contributed by atoms with van der Waals surface area (Å²) < 4.78 is 5.74. The molecule has 0 heterocycles. The van der Waals surface area contributed by atoms with Crippen LogP contribution in [0.25, 0.3) is 0 Å². The number of hydrogen-bond donors (Lipinski definition) is 1. The highest BCUT2D eigenvalue weighted by molar-refractivity contribution is 5.88. The Morgan fingerprint density at radius 3 is 2.41 bits per heavy atom. The second kappa shape index (κ2) is 10.6. The molecule has 0 aromatic heterocycles. The van der Waals surface area contributed by atoms with Crippen LogP contribution in [0.5, 0.6) is 5.75 Å². The quantitative estimate of drug-likeness (QED) is 0.699. The van der Waals surface area contributed by atoms with Crippen LogP contribution < -0.4 is 10.1 Å². The summed E-state index contributed by atoms with van der Waals surface area (Å²) >= 11 is 0. The predicted octanol–water partition coefficient (Wildman–Crippen LogP) is 3.93. The molecule has 0 aliphatic heterocycles. The zero-order valence-corrected chi connectivity index (χ0v) is 18.1. The van der Waals surface area contributed by atoms with Crippen LogP contribution in [0.3, 0.4) is 0 Å². The Hall–Kier alpha value is -2.82. The van der Waals surface area contributed by atoms with Crippen LogP contribution in [0.2, 0.25) is 0 Å². The lowest BCUT2D eigenvalue weighted by molar-refractivity contribution is -0.142. The average Bonchev–Trinajstić information content (AvgIpc) is 2.71. The van der Waals surface area contributed by atoms with Gasteiger partial charge in [0.05, 0.1) is 0 Å². The molecule has 2 aromatic rings. The van der Waals surface area contributed by atoms with Gasteiger partial charge >= 0.3 is 0 Å². The summed E-state index contributed by atoms with van der Waals surface area (Å²) in [5.74, 6) is 0.283. The van der Waals surface area contributed by atoms with Gasteiger partial charge in [0, 0.05) is 13.1 Å². The normalized spacial score (nSPS) is 11.6. The Morgan fingerprint density at radius 2 is 1.76 bits per heavy atom. The van der Waals surface area contributed by atoms with E-state index in [9.17, 15) is 9.59 Å². The van der Waals surface area contributed by atoms with Crippen molar-refractivity contribution in [3.63, 3.8) is 0 Å². The number of amides is 2. The fourth-order valence-corrected chi connectivity index (χ4v) is 2.98. The molecular formula is C24H32N2O3. The first kappa shape index (κ1) is 22.5. The molecular weight excluding hydrogens is 364 g/mol. The van der Waals surface area contributed by atoms with Crippen LogP contribution in [-0.4, -0.2) is 35.9 Å². The molecule has 2 rings (SSSR count). The minimum atomic E-state index is -0.586. The first-order chi connectivity index (χ1) is 13.8. The maximum Gasteiger partial charge on any atom is 0.261 e. The molecule has 1 N–H and O–H groups in total. The van der Waals surface area contributed by atoms with Crippen LogP contribution in [0.4, 0.5) is 0 Å². The van der Waals surface area contributed by atoms with E-state index < -0.39 is 6.04 Å². The lowest BCUT2D eigenvalue weighted by Crippen LogP contribution is -2.49. The second-order valence-corrected chi connectivity index (χ2v) is 7.45. The molecule has 0 aliphatic rings. The average molecular weight is 397 g/mol. The first-order valence-electron chi connectivity index (χ1n) is 10.1. The topological polar surface area (TPSA) is 58.6 Å². The third kappa shape index (κ3) is 6.34. The third-order valence-corrected chi connectivity index (χ3v) is 5.16. The highest BCUT2D eigenvalue weighted by Gasteiger charge is 2.26. The molecule has 2 aromatic carbocycles. The van der Waals surface area contributed by atoms with Gasteiger partial charge in [-0.2, -0.15) is 0 Å². The van der Waals surface area contributed by atoms with Gasteiger partial charge in [-0.15, -0.1) is 0 Å². The van der Waals surface area contributed by atoms with Gasteiger partial charge in [-0.1, -0.05) is 37.3 Å². The van der Waals surface area contributed by atoms with E-state index in [4.69, 9.17) is 4.74 Å². The molecule has 0 saturated heterocycles. The summed E-state index contributed by atoms with van der Waals surface area (Å²) in [6.45, 7) is 10.7. The molecule has 5 nitrogen and oxygen atoms in total. The van der Waals surface area contributed by atoms with Gasteiger partial charge < -0.3 is 15.0 Å². The van der Waals surface area contributed by atoms with E-state index >= 15 is 0 Å². The molecule has 0 saturated carbocycles. The van der Waals surface area contributed by atoms with Gasteiger partial charge in [0.2, 0.25) is 5.91 Å². The summed E-state index contributed by atoms with van der Waals surface area (Å²) in [7, 11) is 0. The second-order valence-electron chi connectivity index (χ2n) is 7.45. The van der Waals surface area contributed by atoms with E-state index in [1.807, 2.05) is 70.2 Å². The minimum absolute atomic E-state index is 0.111. The zero-order valence-electron chi connectivity index (χ0n) is 18.1. The molecule has 0 radical (unpaired) electrons. The van der Waals surface area contributed by atoms with Gasteiger partial charge in [-0.05, 0) is 68.5 Å². The van der Waals surface area contributed by atoms with Crippen LogP contribution in [0, 0.1) is 20.8 Å². The highest BCUT2D eigenvalue weighted by Crippen LogP contribution is 2.18. The van der Waals surface area contributed by atoms with E-state index in [0.29, 0.717) is 18.8 Å². The number of benzene rings is 2. The molecule has 0 aliphatic carbocycles. The lowest BCUT2D eigenvalue weighted by atomic mass is 10.1. The summed E-state index contributed by atoms with van der Waals surface area (Å²) in [6, 6.07) is 13.1. The highest BCUT2D eigenvalue weighted by atomic mass is 16.5. The van der Waals surface area contributed by atoms with Gasteiger partial charge in [-0.3, -0.25) is 9.59 Å². The summed E-state index contributed by atoms with van der Waals surface area (Å²) in [4.78, 5) is 27.1. The number of rotatable bonds is 9. The maximum atomic E-state index is 13.0. The van der Waals surface area contributed by atoms with E-state index in [0.717, 1.165) is 23.1 Å². The van der Waals surface area contributed by atoms with E-state index in [-0.39, 0.29) is 18.4 Å². The SMILES string of the molecule is CCCNC(=O)C(C)N(Cc1ccccc1C)C(=O)COc1ccc(C)c(C)c1. The van der Waals surface area contributed by atoms with Gasteiger partial charge in [-0.25, -0.2) is 0 Å². The van der Waals surface area contributed by atoms with Crippen molar-refractivity contribution in [1.82, 2.24) is 10.2 Å². The summed E-state index contributed by atoms with van der Waals surface area (Å²) in [5, 5.41) is 2.88. The molecule has 5 heteroatoms. The smallest absolute Gasteiger partial charge is 0.261 e. The minimum Gasteiger partial charge on any atom is -0.484 e. The van der Waals surface area contributed by atoms with Crippen molar-refractivity contribution in [3.8, 4) is 5.75 Å². The Labute approximate surface area is 174 Å². The van der Waals surface area contributed by atoms with Crippen molar-refractivity contribution < 1.29 is 14.3 Å². The van der Waals surface area contributed by atoms with Crippen molar-refractivity contribution in [2.75, 3.05) is 13.2 Å². The van der Waals surface area contributed by atoms with Crippen LogP contribution in [0.1, 0.15) is 42.5 Å². The summed E-state index contributed by atoms with van der Waals surface area (Å²) in [6.07, 6.45) is 0.847. The molecule has 0 spiro atoms. The third-order valence-electron chi connectivity index (χ3n) is 5.16. The Balaban J connectivity index is 2.15. The summed E-state index contributed by atoms with van der Waals surface area (Å²) in [5.41, 5.74) is 4.38. The number of carbonyl (C=O) groups excluding carboxylic acids is 2. The molecule has 1 atom stereocenters. The number of carbonyl (C=O) groups is 2. The zero-order chi connectivity index (χ0) is 21.4. The van der Waals surface area contributed by atoms with E-state index in [2.05, 4.69) is 5.32 Å². The predicted molar refractivity (Wildman–Crippen MR) is 116 cm³/mol. The number of nitrogens with zero attached hydrogens (tertiary/aromatic N) is 1. The van der Waals surface area contributed by atoms with Crippen molar-refractivity contribution in [2.45, 2.75) is 53.6 Å². The van der Waals surface area contributed by atoms with Crippen molar-refractivity contribution in [3.05, 3.63) is 64.7 Å². The molecule has 156 valence electrons. The number of aryl methyl sites for hydroxylation is 3. The number of ether oxygens (including phenoxy) is 1. The van der Waals surface area contributed by atoms with Gasteiger partial charge in [0.15, 0.2) is 6.61 Å². The Morgan fingerprint density at radius 1 is 1.03 bits per heavy atom. The maximum absolute atomic E-state index is 13.0. The van der Waals surface area contributed by atoms with E-state index in [1.165, 1.54) is 5.56 Å². The molecule has 0 bridgehead atoms. The fraction of sp³-hybridized carbons (Fsp3) is 0.417. The first-order valence-corrected chi connectivity index (χ1v) is 10.1. The number of nitrogens with one attached hydrogen (secondary N) is 1. The van der Waals surface area contributed by atoms with Crippen LogP contribution >= 0.6 is 0 Å². The fourth-order valence-electron chi connectivity index (χ4n) is 2.98. The van der Waals surface area contributed by atoms with Crippen molar-refractivity contribution in [2.24, 2.45) is 0 Å². The molecule has 29 heavy (non-hydrogen) atoms. The number of hydrogen-bond acceptors (Lipinski definition) is 3. The largest absolute Gasteiger partial charge is 0.484 e. The molecule has 0 fully saturated rings. The Bertz CT molecular complexity index is 848. The standard InChI is InChI=1S/C24H32N2O3/c1-6-13-25-24(28)20(5)26(15-21-10-8-7-9-18(21)3)23(27)16-29-22-12-11-17(2)19(4)14-22/h7-12,14,20H,6,13,15-16H2,1-5H3,(H,25,28). The van der Waals surface area contributed by atoms with Crippen LogP contribution in [-0.2, 0) is 16.1 Å². The Kier molecular flexibility index (Phi) is 8.25. The lowest BCUT2D eigenvalue weighted by Gasteiger charge is -2.29. The van der Waals surface area contributed by atoms with E-state index in [1.54, 1.807) is 11.8 Å². The molecule has 1 unspecified atom stereocenters.